The molecule has 1 atom stereocenters. The molecule has 1 aromatic heterocycles. The van der Waals surface area contributed by atoms with Gasteiger partial charge in [0.25, 0.3) is 0 Å². The Morgan fingerprint density at radius 2 is 1.75 bits per heavy atom. The number of nitrogens with one attached hydrogen (secondary N) is 1. The first kappa shape index (κ1) is 20.8. The Balaban J connectivity index is 1.53. The molecule has 162 valence electrons. The lowest BCUT2D eigenvalue weighted by Crippen LogP contribution is -3.10. The molecule has 0 saturated carbocycles. The second-order valence-corrected chi connectivity index (χ2v) is 8.91. The first-order chi connectivity index (χ1) is 15.5. The van der Waals surface area contributed by atoms with E-state index in [1.54, 1.807) is 0 Å². The standard InChI is InChI=1S/C27H24ClNO3/c1-17-22-13-21-15-29(14-20-10-6-7-11-24(20)28)16-31-25(21)18(2)26(22)32-27(30)23(17)12-19-8-4-3-5-9-19/h3-11,13H,12,14-16H2,1-2H3/p+1. The topological polar surface area (TPSA) is 43.9 Å². The maximum Gasteiger partial charge on any atom is 0.340 e. The molecule has 0 spiro atoms. The summed E-state index contributed by atoms with van der Waals surface area (Å²) in [6, 6.07) is 20.1. The van der Waals surface area contributed by atoms with Crippen molar-refractivity contribution in [2.24, 2.45) is 0 Å². The van der Waals surface area contributed by atoms with E-state index in [4.69, 9.17) is 20.8 Å². The number of hydrogen-bond acceptors (Lipinski definition) is 3. The fourth-order valence-corrected chi connectivity index (χ4v) is 4.79. The predicted octanol–water partition coefficient (Wildman–Crippen LogP) is 4.59. The molecule has 32 heavy (non-hydrogen) atoms. The monoisotopic (exact) mass is 446 g/mol. The molecule has 1 unspecified atom stereocenters. The van der Waals surface area contributed by atoms with Crippen LogP contribution >= 0.6 is 11.6 Å². The number of aryl methyl sites for hydroxylation is 2. The molecule has 0 aliphatic carbocycles. The quantitative estimate of drug-likeness (QED) is 0.466. The van der Waals surface area contributed by atoms with Gasteiger partial charge in [-0.2, -0.15) is 0 Å². The Hall–Kier alpha value is -3.08. The van der Waals surface area contributed by atoms with Crippen molar-refractivity contribution in [1.29, 1.82) is 0 Å². The van der Waals surface area contributed by atoms with E-state index in [0.29, 0.717) is 24.3 Å². The van der Waals surface area contributed by atoms with Crippen molar-refractivity contribution in [1.82, 2.24) is 0 Å². The van der Waals surface area contributed by atoms with Crippen LogP contribution in [0.15, 0.2) is 69.9 Å². The third-order valence-electron chi connectivity index (χ3n) is 6.32. The molecular weight excluding hydrogens is 422 g/mol. The molecule has 4 nitrogen and oxygen atoms in total. The van der Waals surface area contributed by atoms with Gasteiger partial charge in [0.05, 0.1) is 0 Å². The lowest BCUT2D eigenvalue weighted by molar-refractivity contribution is -0.945. The number of fused-ring (bicyclic) bond motifs is 2. The minimum absolute atomic E-state index is 0.274. The van der Waals surface area contributed by atoms with Gasteiger partial charge in [-0.05, 0) is 37.1 Å². The zero-order valence-corrected chi connectivity index (χ0v) is 19.0. The van der Waals surface area contributed by atoms with Crippen molar-refractivity contribution >= 4 is 22.6 Å². The minimum atomic E-state index is -0.274. The first-order valence-corrected chi connectivity index (χ1v) is 11.2. The lowest BCUT2D eigenvalue weighted by Gasteiger charge is -2.28. The molecule has 0 fully saturated rings. The van der Waals surface area contributed by atoms with Gasteiger partial charge in [-0.3, -0.25) is 4.90 Å². The van der Waals surface area contributed by atoms with E-state index in [0.717, 1.165) is 57.1 Å². The SMILES string of the molecule is Cc1c(Cc2ccccc2)c(=O)oc2c(C)c3c(cc12)C[NH+](Cc1ccccc1Cl)CO3. The largest absolute Gasteiger partial charge is 0.444 e. The maximum atomic E-state index is 12.8. The van der Waals surface area contributed by atoms with Crippen LogP contribution in [0.2, 0.25) is 5.02 Å². The van der Waals surface area contributed by atoms with Crippen LogP contribution < -0.4 is 15.3 Å². The van der Waals surface area contributed by atoms with Crippen LogP contribution in [-0.2, 0) is 19.5 Å². The molecule has 5 rings (SSSR count). The van der Waals surface area contributed by atoms with E-state index in [1.807, 2.05) is 62.4 Å². The van der Waals surface area contributed by atoms with Crippen molar-refractivity contribution in [3.8, 4) is 5.75 Å². The summed E-state index contributed by atoms with van der Waals surface area (Å²) < 4.78 is 12.0. The third-order valence-corrected chi connectivity index (χ3v) is 6.69. The maximum absolute atomic E-state index is 12.8. The van der Waals surface area contributed by atoms with Gasteiger partial charge in [0.2, 0.25) is 6.73 Å². The molecule has 1 aliphatic heterocycles. The summed E-state index contributed by atoms with van der Waals surface area (Å²) in [7, 11) is 0. The van der Waals surface area contributed by atoms with Crippen LogP contribution in [0, 0.1) is 13.8 Å². The average Bonchev–Trinajstić information content (AvgIpc) is 2.80. The summed E-state index contributed by atoms with van der Waals surface area (Å²) in [5, 5.41) is 1.76. The minimum Gasteiger partial charge on any atom is -0.444 e. The Kier molecular flexibility index (Phi) is 5.50. The van der Waals surface area contributed by atoms with Gasteiger partial charge in [0.1, 0.15) is 24.4 Å². The van der Waals surface area contributed by atoms with Crippen LogP contribution in [0.5, 0.6) is 5.75 Å². The van der Waals surface area contributed by atoms with Crippen molar-refractivity contribution in [2.75, 3.05) is 6.73 Å². The highest BCUT2D eigenvalue weighted by molar-refractivity contribution is 6.31. The number of benzene rings is 3. The number of quaternary nitrogens is 1. The summed E-state index contributed by atoms with van der Waals surface area (Å²) in [6.45, 7) is 6.14. The summed E-state index contributed by atoms with van der Waals surface area (Å²) >= 11 is 6.37. The van der Waals surface area contributed by atoms with Crippen LogP contribution in [-0.4, -0.2) is 6.73 Å². The van der Waals surface area contributed by atoms with Gasteiger partial charge >= 0.3 is 5.63 Å². The molecule has 0 bridgehead atoms. The lowest BCUT2D eigenvalue weighted by atomic mass is 9.96. The molecule has 0 amide bonds. The fourth-order valence-electron chi connectivity index (χ4n) is 4.59. The summed E-state index contributed by atoms with van der Waals surface area (Å²) in [5.41, 5.74) is 6.26. The van der Waals surface area contributed by atoms with Crippen LogP contribution in [0.25, 0.3) is 11.0 Å². The number of hydrogen-bond donors (Lipinski definition) is 1. The highest BCUT2D eigenvalue weighted by Crippen LogP contribution is 2.34. The van der Waals surface area contributed by atoms with E-state index in [1.165, 1.54) is 4.90 Å². The van der Waals surface area contributed by atoms with Crippen LogP contribution in [0.3, 0.4) is 0 Å². The Bertz CT molecular complexity index is 1360. The van der Waals surface area contributed by atoms with Gasteiger partial charge in [0.15, 0.2) is 0 Å². The zero-order chi connectivity index (χ0) is 22.2. The predicted molar refractivity (Wildman–Crippen MR) is 127 cm³/mol. The van der Waals surface area contributed by atoms with Crippen molar-refractivity contribution < 1.29 is 14.1 Å². The van der Waals surface area contributed by atoms with Crippen molar-refractivity contribution in [2.45, 2.75) is 33.4 Å². The summed E-state index contributed by atoms with van der Waals surface area (Å²) in [4.78, 5) is 14.1. The van der Waals surface area contributed by atoms with Crippen LogP contribution in [0.1, 0.15) is 33.4 Å². The average molecular weight is 447 g/mol. The van der Waals surface area contributed by atoms with Gasteiger partial charge in [0, 0.05) is 39.1 Å². The van der Waals surface area contributed by atoms with Crippen molar-refractivity contribution in [3.05, 3.63) is 109 Å². The Morgan fingerprint density at radius 1 is 1.00 bits per heavy atom. The second kappa shape index (κ2) is 8.45. The van der Waals surface area contributed by atoms with Crippen molar-refractivity contribution in [3.63, 3.8) is 0 Å². The molecule has 0 saturated heterocycles. The highest BCUT2D eigenvalue weighted by atomic mass is 35.5. The zero-order valence-electron chi connectivity index (χ0n) is 18.2. The molecule has 0 radical (unpaired) electrons. The highest BCUT2D eigenvalue weighted by Gasteiger charge is 2.26. The first-order valence-electron chi connectivity index (χ1n) is 10.8. The van der Waals surface area contributed by atoms with E-state index >= 15 is 0 Å². The van der Waals surface area contributed by atoms with E-state index in [9.17, 15) is 4.79 Å². The number of halogens is 1. The van der Waals surface area contributed by atoms with Crippen LogP contribution in [0.4, 0.5) is 0 Å². The van der Waals surface area contributed by atoms with Gasteiger partial charge < -0.3 is 9.15 Å². The van der Waals surface area contributed by atoms with E-state index in [2.05, 4.69) is 12.1 Å². The molecular formula is C27H25ClNO3+. The number of ether oxygens (including phenoxy) is 1. The van der Waals surface area contributed by atoms with Gasteiger partial charge in [-0.1, -0.05) is 60.1 Å². The number of rotatable bonds is 4. The molecule has 2 heterocycles. The smallest absolute Gasteiger partial charge is 0.340 e. The molecule has 1 N–H and O–H groups in total. The summed E-state index contributed by atoms with van der Waals surface area (Å²) in [6.07, 6.45) is 0.557. The van der Waals surface area contributed by atoms with Gasteiger partial charge in [-0.15, -0.1) is 0 Å². The Labute approximate surface area is 192 Å². The van der Waals surface area contributed by atoms with E-state index < -0.39 is 0 Å². The normalized spacial score (nSPS) is 15.4. The van der Waals surface area contributed by atoms with E-state index in [-0.39, 0.29) is 5.63 Å². The molecule has 4 aromatic rings. The summed E-state index contributed by atoms with van der Waals surface area (Å²) in [5.74, 6) is 0.832. The molecule has 1 aliphatic rings. The second-order valence-electron chi connectivity index (χ2n) is 8.51. The van der Waals surface area contributed by atoms with Gasteiger partial charge in [-0.25, -0.2) is 4.79 Å². The third kappa shape index (κ3) is 3.81. The molecule has 3 aromatic carbocycles. The fraction of sp³-hybridized carbons (Fsp3) is 0.222. The Morgan fingerprint density at radius 3 is 2.53 bits per heavy atom. The molecule has 5 heteroatoms.